The molecule has 0 aromatic heterocycles. The van der Waals surface area contributed by atoms with Crippen molar-refractivity contribution in [1.82, 2.24) is 0 Å². The van der Waals surface area contributed by atoms with Gasteiger partial charge in [0.25, 0.3) is 0 Å². The highest BCUT2D eigenvalue weighted by Crippen LogP contribution is 2.38. The van der Waals surface area contributed by atoms with Gasteiger partial charge in [0.05, 0.1) is 0 Å². The minimum atomic E-state index is 0.0943. The summed E-state index contributed by atoms with van der Waals surface area (Å²) in [6.07, 6.45) is 0.856. The van der Waals surface area contributed by atoms with Gasteiger partial charge in [-0.15, -0.1) is 0 Å². The van der Waals surface area contributed by atoms with Crippen LogP contribution >= 0.6 is 0 Å². The lowest BCUT2D eigenvalue weighted by atomic mass is 9.78. The predicted molar refractivity (Wildman–Crippen MR) is 106 cm³/mol. The van der Waals surface area contributed by atoms with E-state index < -0.39 is 0 Å². The van der Waals surface area contributed by atoms with Crippen LogP contribution in [0.3, 0.4) is 0 Å². The van der Waals surface area contributed by atoms with Gasteiger partial charge >= 0.3 is 0 Å². The highest BCUT2D eigenvalue weighted by molar-refractivity contribution is 6.04. The molecule has 0 bridgehead atoms. The summed E-state index contributed by atoms with van der Waals surface area (Å²) in [7, 11) is 0. The molecule has 25 heavy (non-hydrogen) atoms. The number of carbonyl (C=O) groups is 1. The van der Waals surface area contributed by atoms with Gasteiger partial charge in [-0.2, -0.15) is 0 Å². The smallest absolute Gasteiger partial charge is 0.166 e. The van der Waals surface area contributed by atoms with Gasteiger partial charge in [0, 0.05) is 11.5 Å². The van der Waals surface area contributed by atoms with Crippen molar-refractivity contribution in [1.29, 1.82) is 0 Å². The Morgan fingerprint density at radius 3 is 1.88 bits per heavy atom. The van der Waals surface area contributed by atoms with E-state index in [2.05, 4.69) is 65.8 Å². The monoisotopic (exact) mass is 334 g/mol. The van der Waals surface area contributed by atoms with Crippen LogP contribution in [-0.4, -0.2) is 5.78 Å². The third-order valence-electron chi connectivity index (χ3n) is 5.38. The van der Waals surface area contributed by atoms with Crippen LogP contribution in [0.1, 0.15) is 75.5 Å². The van der Waals surface area contributed by atoms with Gasteiger partial charge in [-0.1, -0.05) is 84.9 Å². The van der Waals surface area contributed by atoms with E-state index in [-0.39, 0.29) is 16.7 Å². The lowest BCUT2D eigenvalue weighted by Crippen LogP contribution is -2.16. The maximum absolute atomic E-state index is 12.4. The molecule has 1 nitrogen and oxygen atoms in total. The van der Waals surface area contributed by atoms with E-state index in [1.807, 2.05) is 19.1 Å². The molecule has 2 aromatic rings. The maximum atomic E-state index is 12.4. The van der Waals surface area contributed by atoms with Crippen molar-refractivity contribution in [3.05, 3.63) is 58.7 Å². The number of fused-ring (bicyclic) bond motifs is 1. The van der Waals surface area contributed by atoms with Crippen LogP contribution in [0.2, 0.25) is 0 Å². The lowest BCUT2D eigenvalue weighted by Gasteiger charge is -2.26. The largest absolute Gasteiger partial charge is 0.294 e. The maximum Gasteiger partial charge on any atom is 0.166 e. The van der Waals surface area contributed by atoms with Crippen molar-refractivity contribution in [3.63, 3.8) is 0 Å². The summed E-state index contributed by atoms with van der Waals surface area (Å²) in [5.41, 5.74) is 7.51. The molecule has 3 rings (SSSR count). The summed E-state index contributed by atoms with van der Waals surface area (Å²) in [4.78, 5) is 12.4. The molecule has 0 fully saturated rings. The molecule has 0 aliphatic heterocycles. The van der Waals surface area contributed by atoms with Gasteiger partial charge in [0.1, 0.15) is 0 Å². The summed E-state index contributed by atoms with van der Waals surface area (Å²) >= 11 is 0. The quantitative estimate of drug-likeness (QED) is 0.596. The highest BCUT2D eigenvalue weighted by atomic mass is 16.1. The SMILES string of the molecule is CC1Cc2c(cccc2-c2cc(C(C)(C)C)cc(C(C)(C)C)c2)C1=O. The van der Waals surface area contributed by atoms with Crippen molar-refractivity contribution in [2.24, 2.45) is 5.92 Å². The average molecular weight is 335 g/mol. The number of Topliss-reactive ketones (excluding diaryl/α,β-unsaturated/α-hetero) is 1. The van der Waals surface area contributed by atoms with Crippen molar-refractivity contribution >= 4 is 5.78 Å². The molecule has 2 aromatic carbocycles. The second-order valence-electron chi connectivity index (χ2n) is 9.60. The standard InChI is InChI=1S/C24H30O/c1-15-11-21-19(9-8-10-20(21)22(15)25)16-12-17(23(2,3)4)14-18(13-16)24(5,6)7/h8-10,12-15H,11H2,1-7H3. The van der Waals surface area contributed by atoms with Gasteiger partial charge in [-0.3, -0.25) is 4.79 Å². The third kappa shape index (κ3) is 3.29. The Bertz CT molecular complexity index is 796. The molecule has 1 heteroatoms. The molecule has 0 saturated carbocycles. The highest BCUT2D eigenvalue weighted by Gasteiger charge is 2.29. The first-order valence-electron chi connectivity index (χ1n) is 9.31. The van der Waals surface area contributed by atoms with E-state index in [4.69, 9.17) is 0 Å². The number of ketones is 1. The molecule has 0 spiro atoms. The fourth-order valence-electron chi connectivity index (χ4n) is 3.62. The number of hydrogen-bond acceptors (Lipinski definition) is 1. The topological polar surface area (TPSA) is 17.1 Å². The van der Waals surface area contributed by atoms with Crippen LogP contribution in [-0.2, 0) is 17.3 Å². The Hall–Kier alpha value is -1.89. The van der Waals surface area contributed by atoms with Gasteiger partial charge in [-0.05, 0) is 45.1 Å². The fourth-order valence-corrected chi connectivity index (χ4v) is 3.62. The normalized spacial score (nSPS) is 17.7. The van der Waals surface area contributed by atoms with Crippen LogP contribution in [0.5, 0.6) is 0 Å². The average Bonchev–Trinajstić information content (AvgIpc) is 2.80. The number of hydrogen-bond donors (Lipinski definition) is 0. The zero-order chi connectivity index (χ0) is 18.6. The number of carbonyl (C=O) groups excluding carboxylic acids is 1. The van der Waals surface area contributed by atoms with E-state index in [0.29, 0.717) is 5.78 Å². The molecule has 1 aliphatic carbocycles. The van der Waals surface area contributed by atoms with Crippen LogP contribution in [0.25, 0.3) is 11.1 Å². The number of benzene rings is 2. The third-order valence-corrected chi connectivity index (χ3v) is 5.38. The van der Waals surface area contributed by atoms with Crippen molar-refractivity contribution in [2.45, 2.75) is 65.7 Å². The molecule has 1 atom stereocenters. The van der Waals surface area contributed by atoms with E-state index in [9.17, 15) is 4.79 Å². The summed E-state index contributed by atoms with van der Waals surface area (Å²) in [6, 6.07) is 13.2. The van der Waals surface area contributed by atoms with Crippen LogP contribution in [0, 0.1) is 5.92 Å². The van der Waals surface area contributed by atoms with Crippen LogP contribution in [0.4, 0.5) is 0 Å². The Kier molecular flexibility index (Phi) is 4.18. The van der Waals surface area contributed by atoms with Crippen molar-refractivity contribution < 1.29 is 4.79 Å². The lowest BCUT2D eigenvalue weighted by molar-refractivity contribution is 0.0946. The molecule has 0 saturated heterocycles. The molecule has 0 heterocycles. The summed E-state index contributed by atoms with van der Waals surface area (Å²) in [5.74, 6) is 0.393. The molecule has 1 aliphatic rings. The Balaban J connectivity index is 2.24. The fraction of sp³-hybridized carbons (Fsp3) is 0.458. The van der Waals surface area contributed by atoms with Gasteiger partial charge in [0.15, 0.2) is 5.78 Å². The van der Waals surface area contributed by atoms with Crippen LogP contribution < -0.4 is 0 Å². The molecular weight excluding hydrogens is 304 g/mol. The Labute approximate surface area is 152 Å². The van der Waals surface area contributed by atoms with Crippen molar-refractivity contribution in [2.75, 3.05) is 0 Å². The first-order chi connectivity index (χ1) is 11.5. The summed E-state index contributed by atoms with van der Waals surface area (Å²) in [6.45, 7) is 15.6. The molecule has 1 unspecified atom stereocenters. The first kappa shape index (κ1) is 17.9. The first-order valence-corrected chi connectivity index (χ1v) is 9.31. The van der Waals surface area contributed by atoms with E-state index in [0.717, 1.165) is 12.0 Å². The molecule has 132 valence electrons. The predicted octanol–water partition coefficient (Wildman–Crippen LogP) is 6.32. The second-order valence-corrected chi connectivity index (χ2v) is 9.60. The van der Waals surface area contributed by atoms with E-state index in [1.165, 1.54) is 27.8 Å². The molecule has 0 N–H and O–H groups in total. The second kappa shape index (κ2) is 5.83. The minimum absolute atomic E-state index is 0.0943. The summed E-state index contributed by atoms with van der Waals surface area (Å²) < 4.78 is 0. The minimum Gasteiger partial charge on any atom is -0.294 e. The zero-order valence-electron chi connectivity index (χ0n) is 16.7. The van der Waals surface area contributed by atoms with E-state index in [1.54, 1.807) is 0 Å². The van der Waals surface area contributed by atoms with Gasteiger partial charge in [0.2, 0.25) is 0 Å². The molecule has 0 radical (unpaired) electrons. The Morgan fingerprint density at radius 1 is 0.840 bits per heavy atom. The summed E-state index contributed by atoms with van der Waals surface area (Å²) in [5, 5.41) is 0. The molecular formula is C24H30O. The van der Waals surface area contributed by atoms with E-state index >= 15 is 0 Å². The zero-order valence-corrected chi connectivity index (χ0v) is 16.7. The van der Waals surface area contributed by atoms with Gasteiger partial charge in [-0.25, -0.2) is 0 Å². The molecule has 0 amide bonds. The van der Waals surface area contributed by atoms with Gasteiger partial charge < -0.3 is 0 Å². The van der Waals surface area contributed by atoms with Crippen molar-refractivity contribution in [3.8, 4) is 11.1 Å². The number of rotatable bonds is 1. The van der Waals surface area contributed by atoms with Crippen LogP contribution in [0.15, 0.2) is 36.4 Å². The Morgan fingerprint density at radius 2 is 1.36 bits per heavy atom.